The molecule has 0 radical (unpaired) electrons. The van der Waals surface area contributed by atoms with Gasteiger partial charge in [0.25, 0.3) is 0 Å². The number of amides is 1. The van der Waals surface area contributed by atoms with E-state index < -0.39 is 16.1 Å². The number of thiophene rings is 1. The molecule has 2 aromatic heterocycles. The average Bonchev–Trinajstić information content (AvgIpc) is 3.32. The van der Waals surface area contributed by atoms with Crippen molar-refractivity contribution in [2.45, 2.75) is 25.4 Å². The molecule has 0 unspecified atom stereocenters. The van der Waals surface area contributed by atoms with Gasteiger partial charge in [0.1, 0.15) is 6.04 Å². The van der Waals surface area contributed by atoms with Crippen molar-refractivity contribution in [2.75, 3.05) is 18.0 Å². The summed E-state index contributed by atoms with van der Waals surface area (Å²) >= 11 is 8.62. The number of aromatic nitrogens is 1. The number of carbonyl (C=O) groups is 1. The molecule has 1 atom stereocenters. The molecule has 144 valence electrons. The van der Waals surface area contributed by atoms with E-state index in [9.17, 15) is 13.2 Å². The molecule has 11 heteroatoms. The van der Waals surface area contributed by atoms with Crippen LogP contribution in [0.3, 0.4) is 0 Å². The van der Waals surface area contributed by atoms with Crippen LogP contribution in [-0.4, -0.2) is 38.4 Å². The van der Waals surface area contributed by atoms with Gasteiger partial charge in [-0.15, -0.1) is 11.3 Å². The van der Waals surface area contributed by atoms with E-state index in [1.165, 1.54) is 28.7 Å². The van der Waals surface area contributed by atoms with Gasteiger partial charge in [-0.05, 0) is 24.6 Å². The van der Waals surface area contributed by atoms with Crippen LogP contribution in [0.5, 0.6) is 0 Å². The number of carbonyl (C=O) groups excluding carboxylic acids is 1. The first kappa shape index (κ1) is 19.0. The zero-order chi connectivity index (χ0) is 19.0. The van der Waals surface area contributed by atoms with E-state index in [-0.39, 0.29) is 5.91 Å². The highest BCUT2D eigenvalue weighted by molar-refractivity contribution is 7.92. The summed E-state index contributed by atoms with van der Waals surface area (Å²) in [6.07, 6.45) is 2.73. The second kappa shape index (κ2) is 7.61. The maximum Gasteiger partial charge on any atom is 0.247 e. The number of rotatable bonds is 5. The average molecular weight is 445 g/mol. The summed E-state index contributed by atoms with van der Waals surface area (Å²) in [4.78, 5) is 20.7. The van der Waals surface area contributed by atoms with Gasteiger partial charge in [0.15, 0.2) is 5.13 Å². The Hall–Kier alpha value is -1.30. The van der Waals surface area contributed by atoms with Crippen molar-refractivity contribution >= 4 is 61.4 Å². The fraction of sp³-hybridized carbons (Fsp3) is 0.375. The van der Waals surface area contributed by atoms with Crippen molar-refractivity contribution in [1.29, 1.82) is 0 Å². The molecule has 0 aromatic carbocycles. The van der Waals surface area contributed by atoms with E-state index in [0.29, 0.717) is 22.4 Å². The van der Waals surface area contributed by atoms with E-state index in [0.717, 1.165) is 40.4 Å². The van der Waals surface area contributed by atoms with Gasteiger partial charge >= 0.3 is 0 Å². The third-order valence-corrected chi connectivity index (χ3v) is 7.76. The number of anilines is 1. The SMILES string of the molecule is O=C1[C@@H](NS(=O)(=O)C=Cc2ccc(Cl)s2)CCN1c1nc2c(s1)CNCC2. The first-order valence-electron chi connectivity index (χ1n) is 8.38. The molecule has 1 saturated heterocycles. The molecule has 0 bridgehead atoms. The first-order chi connectivity index (χ1) is 12.9. The molecule has 2 aromatic rings. The summed E-state index contributed by atoms with van der Waals surface area (Å²) in [5, 5.41) is 5.01. The lowest BCUT2D eigenvalue weighted by atomic mass is 10.2. The van der Waals surface area contributed by atoms with Crippen LogP contribution in [0.1, 0.15) is 21.9 Å². The standard InChI is InChI=1S/C16H17ClN4O3S3/c17-14-2-1-10(25-14)5-8-27(23,24)20-12-4-7-21(15(12)22)16-19-11-3-6-18-9-13(11)26-16/h1-2,5,8,12,18,20H,3-4,6-7,9H2/t12-/m0/s1. The van der Waals surface area contributed by atoms with E-state index >= 15 is 0 Å². The molecule has 7 nitrogen and oxygen atoms in total. The zero-order valence-corrected chi connectivity index (χ0v) is 17.3. The Morgan fingerprint density at radius 3 is 2.96 bits per heavy atom. The second-order valence-electron chi connectivity index (χ2n) is 6.23. The zero-order valence-electron chi connectivity index (χ0n) is 14.1. The van der Waals surface area contributed by atoms with Gasteiger partial charge in [0, 0.05) is 41.2 Å². The third kappa shape index (κ3) is 4.25. The molecular formula is C16H17ClN4O3S3. The van der Waals surface area contributed by atoms with Gasteiger partial charge in [-0.2, -0.15) is 4.72 Å². The molecule has 2 N–H and O–H groups in total. The Morgan fingerprint density at radius 2 is 2.22 bits per heavy atom. The van der Waals surface area contributed by atoms with Gasteiger partial charge < -0.3 is 5.32 Å². The summed E-state index contributed by atoms with van der Waals surface area (Å²) in [7, 11) is -3.74. The first-order valence-corrected chi connectivity index (χ1v) is 11.9. The highest BCUT2D eigenvalue weighted by atomic mass is 35.5. The third-order valence-electron chi connectivity index (χ3n) is 4.34. The molecule has 0 spiro atoms. The summed E-state index contributed by atoms with van der Waals surface area (Å²) < 4.78 is 27.7. The summed E-state index contributed by atoms with van der Waals surface area (Å²) in [5.41, 5.74) is 1.03. The normalized spacial score (nSPS) is 20.6. The van der Waals surface area contributed by atoms with Crippen molar-refractivity contribution in [3.8, 4) is 0 Å². The predicted molar refractivity (Wildman–Crippen MR) is 109 cm³/mol. The van der Waals surface area contributed by atoms with Crippen LogP contribution in [0, 0.1) is 0 Å². The molecular weight excluding hydrogens is 428 g/mol. The summed E-state index contributed by atoms with van der Waals surface area (Å²) in [5.74, 6) is -0.259. The number of fused-ring (bicyclic) bond motifs is 1. The lowest BCUT2D eigenvalue weighted by Gasteiger charge is -2.13. The molecule has 1 amide bonds. The van der Waals surface area contributed by atoms with Crippen LogP contribution in [-0.2, 0) is 27.8 Å². The van der Waals surface area contributed by atoms with Crippen LogP contribution in [0.25, 0.3) is 6.08 Å². The van der Waals surface area contributed by atoms with Crippen molar-refractivity contribution in [3.63, 3.8) is 0 Å². The van der Waals surface area contributed by atoms with E-state index in [1.54, 1.807) is 17.0 Å². The van der Waals surface area contributed by atoms with Gasteiger partial charge in [0.05, 0.1) is 10.0 Å². The van der Waals surface area contributed by atoms with Gasteiger partial charge in [-0.1, -0.05) is 22.9 Å². The van der Waals surface area contributed by atoms with E-state index in [2.05, 4.69) is 15.0 Å². The largest absolute Gasteiger partial charge is 0.311 e. The minimum Gasteiger partial charge on any atom is -0.311 e. The molecule has 2 aliphatic heterocycles. The molecule has 27 heavy (non-hydrogen) atoms. The highest BCUT2D eigenvalue weighted by Gasteiger charge is 2.36. The fourth-order valence-electron chi connectivity index (χ4n) is 3.02. The number of nitrogens with one attached hydrogen (secondary N) is 2. The van der Waals surface area contributed by atoms with Crippen LogP contribution in [0.4, 0.5) is 5.13 Å². The van der Waals surface area contributed by atoms with Crippen LogP contribution >= 0.6 is 34.3 Å². The number of halogens is 1. The quantitative estimate of drug-likeness (QED) is 0.737. The van der Waals surface area contributed by atoms with Gasteiger partial charge in [-0.25, -0.2) is 13.4 Å². The molecule has 0 saturated carbocycles. The smallest absolute Gasteiger partial charge is 0.247 e. The second-order valence-corrected chi connectivity index (χ2v) is 10.6. The molecule has 2 aliphatic rings. The van der Waals surface area contributed by atoms with Gasteiger partial charge in [-0.3, -0.25) is 9.69 Å². The Balaban J connectivity index is 1.44. The van der Waals surface area contributed by atoms with Crippen molar-refractivity contribution in [3.05, 3.63) is 37.3 Å². The predicted octanol–water partition coefficient (Wildman–Crippen LogP) is 2.20. The van der Waals surface area contributed by atoms with E-state index in [1.807, 2.05) is 0 Å². The van der Waals surface area contributed by atoms with Gasteiger partial charge in [0.2, 0.25) is 15.9 Å². The molecule has 1 fully saturated rings. The summed E-state index contributed by atoms with van der Waals surface area (Å²) in [6.45, 7) is 2.10. The number of nitrogens with zero attached hydrogens (tertiary/aromatic N) is 2. The lowest BCUT2D eigenvalue weighted by molar-refractivity contribution is -0.118. The topological polar surface area (TPSA) is 91.4 Å². The number of hydrogen-bond donors (Lipinski definition) is 2. The molecule has 4 rings (SSSR count). The number of hydrogen-bond acceptors (Lipinski definition) is 7. The summed E-state index contributed by atoms with van der Waals surface area (Å²) in [6, 6.07) is 2.67. The Morgan fingerprint density at radius 1 is 1.37 bits per heavy atom. The monoisotopic (exact) mass is 444 g/mol. The fourth-order valence-corrected chi connectivity index (χ4v) is 6.20. The highest BCUT2D eigenvalue weighted by Crippen LogP contribution is 2.31. The Kier molecular flexibility index (Phi) is 5.36. The van der Waals surface area contributed by atoms with Crippen molar-refractivity contribution in [1.82, 2.24) is 15.0 Å². The number of sulfonamides is 1. The van der Waals surface area contributed by atoms with Crippen molar-refractivity contribution < 1.29 is 13.2 Å². The van der Waals surface area contributed by atoms with Crippen LogP contribution in [0.2, 0.25) is 4.34 Å². The lowest BCUT2D eigenvalue weighted by Crippen LogP contribution is -2.40. The Bertz CT molecular complexity index is 975. The van der Waals surface area contributed by atoms with Crippen LogP contribution in [0.15, 0.2) is 17.5 Å². The molecule has 0 aliphatic carbocycles. The van der Waals surface area contributed by atoms with Crippen LogP contribution < -0.4 is 14.9 Å². The maximum atomic E-state index is 12.7. The molecule has 4 heterocycles. The van der Waals surface area contributed by atoms with Crippen molar-refractivity contribution in [2.24, 2.45) is 0 Å². The van der Waals surface area contributed by atoms with E-state index in [4.69, 9.17) is 11.6 Å². The Labute approximate surface area is 170 Å². The maximum absolute atomic E-state index is 12.7. The minimum absolute atomic E-state index is 0.259. The number of thiazole rings is 1. The minimum atomic E-state index is -3.74.